The highest BCUT2D eigenvalue weighted by Gasteiger charge is 2.02. The molecule has 0 aromatic carbocycles. The van der Waals surface area contributed by atoms with E-state index in [1.807, 2.05) is 37.2 Å². The van der Waals surface area contributed by atoms with Crippen molar-refractivity contribution >= 4 is 27.7 Å². The predicted octanol–water partition coefficient (Wildman–Crippen LogP) is 2.55. The molecule has 0 bridgehead atoms. The van der Waals surface area contributed by atoms with Gasteiger partial charge in [0.1, 0.15) is 11.6 Å². The van der Waals surface area contributed by atoms with Gasteiger partial charge in [-0.2, -0.15) is 4.98 Å². The van der Waals surface area contributed by atoms with Gasteiger partial charge in [-0.25, -0.2) is 4.98 Å². The van der Waals surface area contributed by atoms with Gasteiger partial charge in [0.05, 0.1) is 0 Å². The smallest absolute Gasteiger partial charge is 0.224 e. The van der Waals surface area contributed by atoms with Crippen molar-refractivity contribution in [2.45, 2.75) is 6.42 Å². The molecule has 2 aromatic heterocycles. The van der Waals surface area contributed by atoms with E-state index in [1.54, 1.807) is 6.20 Å². The summed E-state index contributed by atoms with van der Waals surface area (Å²) in [5.74, 6) is 2.44. The lowest BCUT2D eigenvalue weighted by Gasteiger charge is -2.11. The summed E-state index contributed by atoms with van der Waals surface area (Å²) >= 11 is 3.28. The second-order valence-corrected chi connectivity index (χ2v) is 4.80. The molecule has 0 aliphatic heterocycles. The summed E-state index contributed by atoms with van der Waals surface area (Å²) in [6.45, 7) is 0.733. The molecule has 0 spiro atoms. The molecule has 1 N–H and O–H groups in total. The zero-order valence-electron chi connectivity index (χ0n) is 10.4. The molecule has 0 saturated heterocycles. The average molecular weight is 311 g/mol. The zero-order valence-corrected chi connectivity index (χ0v) is 11.9. The zero-order chi connectivity index (χ0) is 13.0. The van der Waals surface area contributed by atoms with E-state index in [0.717, 1.165) is 29.2 Å². The molecule has 0 atom stereocenters. The topological polar surface area (TPSA) is 54.2 Å². The fourth-order valence-electron chi connectivity index (χ4n) is 1.47. The van der Waals surface area contributed by atoms with E-state index in [1.165, 1.54) is 0 Å². The third-order valence-electron chi connectivity index (χ3n) is 2.38. The van der Waals surface area contributed by atoms with E-state index < -0.39 is 0 Å². The van der Waals surface area contributed by atoms with Gasteiger partial charge < -0.3 is 14.6 Å². The molecule has 6 heteroatoms. The summed E-state index contributed by atoms with van der Waals surface area (Å²) in [5, 5.41) is 3.17. The van der Waals surface area contributed by atoms with Crippen LogP contribution in [-0.2, 0) is 6.42 Å². The first-order valence-electron chi connectivity index (χ1n) is 5.63. The standard InChI is InChI=1S/C12H15BrN4O/c1-17(2)11-6-8-15-12(16-11)14-7-5-9-3-4-10(13)18-9/h3-4,6,8H,5,7H2,1-2H3,(H,14,15,16). The number of aromatic nitrogens is 2. The molecule has 0 saturated carbocycles. The van der Waals surface area contributed by atoms with Crippen LogP contribution in [0.4, 0.5) is 11.8 Å². The lowest BCUT2D eigenvalue weighted by Crippen LogP contribution is -2.13. The fraction of sp³-hybridized carbons (Fsp3) is 0.333. The van der Waals surface area contributed by atoms with Gasteiger partial charge >= 0.3 is 0 Å². The number of rotatable bonds is 5. The number of halogens is 1. The van der Waals surface area contributed by atoms with Gasteiger partial charge in [0.15, 0.2) is 4.67 Å². The number of nitrogens with one attached hydrogen (secondary N) is 1. The molecule has 2 aromatic rings. The van der Waals surface area contributed by atoms with Crippen molar-refractivity contribution < 1.29 is 4.42 Å². The van der Waals surface area contributed by atoms with Crippen molar-refractivity contribution in [2.75, 3.05) is 30.9 Å². The summed E-state index contributed by atoms with van der Waals surface area (Å²) in [7, 11) is 3.90. The Balaban J connectivity index is 1.88. The average Bonchev–Trinajstić information content (AvgIpc) is 2.75. The summed E-state index contributed by atoms with van der Waals surface area (Å²) in [6.07, 6.45) is 2.54. The lowest BCUT2D eigenvalue weighted by atomic mass is 10.3. The molecule has 0 aliphatic rings. The maximum Gasteiger partial charge on any atom is 0.224 e. The van der Waals surface area contributed by atoms with Gasteiger partial charge in [-0.05, 0) is 34.1 Å². The maximum absolute atomic E-state index is 5.41. The predicted molar refractivity (Wildman–Crippen MR) is 75.0 cm³/mol. The minimum absolute atomic E-state index is 0.631. The summed E-state index contributed by atoms with van der Waals surface area (Å²) in [6, 6.07) is 5.70. The minimum atomic E-state index is 0.631. The van der Waals surface area contributed by atoms with Crippen LogP contribution < -0.4 is 10.2 Å². The molecule has 0 amide bonds. The second kappa shape index (κ2) is 5.86. The van der Waals surface area contributed by atoms with Crippen molar-refractivity contribution in [1.29, 1.82) is 0 Å². The number of anilines is 2. The van der Waals surface area contributed by atoms with E-state index in [9.17, 15) is 0 Å². The van der Waals surface area contributed by atoms with Crippen molar-refractivity contribution in [2.24, 2.45) is 0 Å². The number of hydrogen-bond donors (Lipinski definition) is 1. The van der Waals surface area contributed by atoms with E-state index in [4.69, 9.17) is 4.42 Å². The number of furan rings is 1. The third-order valence-corrected chi connectivity index (χ3v) is 2.81. The Morgan fingerprint density at radius 2 is 2.17 bits per heavy atom. The van der Waals surface area contributed by atoms with E-state index in [2.05, 4.69) is 31.2 Å². The largest absolute Gasteiger partial charge is 0.454 e. The van der Waals surface area contributed by atoms with Gasteiger partial charge in [0.25, 0.3) is 0 Å². The molecule has 2 rings (SSSR count). The Labute approximate surface area is 114 Å². The van der Waals surface area contributed by atoms with Crippen LogP contribution in [0.15, 0.2) is 33.5 Å². The van der Waals surface area contributed by atoms with E-state index in [0.29, 0.717) is 5.95 Å². The highest BCUT2D eigenvalue weighted by molar-refractivity contribution is 9.10. The minimum Gasteiger partial charge on any atom is -0.454 e. The Kier molecular flexibility index (Phi) is 4.19. The first-order valence-corrected chi connectivity index (χ1v) is 6.43. The second-order valence-electron chi connectivity index (χ2n) is 4.02. The van der Waals surface area contributed by atoms with Crippen LogP contribution in [0.5, 0.6) is 0 Å². The van der Waals surface area contributed by atoms with Crippen molar-refractivity contribution in [3.63, 3.8) is 0 Å². The van der Waals surface area contributed by atoms with Gasteiger partial charge in [-0.3, -0.25) is 0 Å². The Morgan fingerprint density at radius 1 is 1.33 bits per heavy atom. The van der Waals surface area contributed by atoms with Crippen LogP contribution in [0.3, 0.4) is 0 Å². The lowest BCUT2D eigenvalue weighted by molar-refractivity contribution is 0.491. The normalized spacial score (nSPS) is 10.4. The number of hydrogen-bond acceptors (Lipinski definition) is 5. The molecule has 5 nitrogen and oxygen atoms in total. The Morgan fingerprint density at radius 3 is 2.83 bits per heavy atom. The van der Waals surface area contributed by atoms with Crippen molar-refractivity contribution in [1.82, 2.24) is 9.97 Å². The third kappa shape index (κ3) is 3.46. The highest BCUT2D eigenvalue weighted by atomic mass is 79.9. The van der Waals surface area contributed by atoms with Crippen LogP contribution in [0, 0.1) is 0 Å². The Bertz CT molecular complexity index is 512. The molecule has 18 heavy (non-hydrogen) atoms. The Hall–Kier alpha value is -1.56. The van der Waals surface area contributed by atoms with Gasteiger partial charge in [-0.1, -0.05) is 0 Å². The van der Waals surface area contributed by atoms with Crippen molar-refractivity contribution in [3.8, 4) is 0 Å². The molecule has 0 aliphatic carbocycles. The van der Waals surface area contributed by atoms with Crippen LogP contribution in [0.2, 0.25) is 0 Å². The quantitative estimate of drug-likeness (QED) is 0.920. The van der Waals surface area contributed by atoms with Crippen LogP contribution in [0.1, 0.15) is 5.76 Å². The highest BCUT2D eigenvalue weighted by Crippen LogP contribution is 2.14. The maximum atomic E-state index is 5.41. The molecular formula is C12H15BrN4O. The number of nitrogens with zero attached hydrogens (tertiary/aromatic N) is 3. The first kappa shape index (κ1) is 12.9. The molecule has 0 radical (unpaired) electrons. The molecule has 96 valence electrons. The summed E-state index contributed by atoms with van der Waals surface area (Å²) in [5.41, 5.74) is 0. The van der Waals surface area contributed by atoms with E-state index >= 15 is 0 Å². The fourth-order valence-corrected chi connectivity index (χ4v) is 1.81. The summed E-state index contributed by atoms with van der Waals surface area (Å²) in [4.78, 5) is 10.5. The van der Waals surface area contributed by atoms with Gasteiger partial charge in [-0.15, -0.1) is 0 Å². The molecule has 0 unspecified atom stereocenters. The first-order chi connectivity index (χ1) is 8.65. The van der Waals surface area contributed by atoms with Gasteiger partial charge in [0, 0.05) is 33.3 Å². The summed E-state index contributed by atoms with van der Waals surface area (Å²) < 4.78 is 6.16. The van der Waals surface area contributed by atoms with Crippen LogP contribution in [0.25, 0.3) is 0 Å². The van der Waals surface area contributed by atoms with E-state index in [-0.39, 0.29) is 0 Å². The monoisotopic (exact) mass is 310 g/mol. The van der Waals surface area contributed by atoms with Gasteiger partial charge in [0.2, 0.25) is 5.95 Å². The van der Waals surface area contributed by atoms with Crippen LogP contribution in [-0.4, -0.2) is 30.6 Å². The molecule has 0 fully saturated rings. The van der Waals surface area contributed by atoms with Crippen LogP contribution >= 0.6 is 15.9 Å². The molecular weight excluding hydrogens is 296 g/mol. The molecule has 2 heterocycles. The SMILES string of the molecule is CN(C)c1ccnc(NCCc2ccc(Br)o2)n1. The van der Waals surface area contributed by atoms with Crippen molar-refractivity contribution in [3.05, 3.63) is 34.8 Å².